The van der Waals surface area contributed by atoms with Gasteiger partial charge in [0.05, 0.1) is 11.1 Å². The van der Waals surface area contributed by atoms with Gasteiger partial charge in [0.1, 0.15) is 11.2 Å². The Morgan fingerprint density at radius 3 is 3.23 bits per heavy atom. The normalized spacial score (nSPS) is 26.0. The number of rotatable bonds is 1. The van der Waals surface area contributed by atoms with Gasteiger partial charge in [-0.2, -0.15) is 5.10 Å². The topological polar surface area (TPSA) is 52.2 Å². The van der Waals surface area contributed by atoms with Gasteiger partial charge in [-0.3, -0.25) is 9.89 Å². The quantitative estimate of drug-likeness (QED) is 0.880. The molecule has 0 unspecified atom stereocenters. The summed E-state index contributed by atoms with van der Waals surface area (Å²) in [6.07, 6.45) is 4.41. The van der Waals surface area contributed by atoms with E-state index >= 15 is 0 Å². The number of aromatic nitrogens is 2. The van der Waals surface area contributed by atoms with Crippen LogP contribution in [0.5, 0.6) is 0 Å². The van der Waals surface area contributed by atoms with Crippen LogP contribution in [0.25, 0.3) is 10.9 Å². The summed E-state index contributed by atoms with van der Waals surface area (Å²) < 4.78 is 0. The summed E-state index contributed by atoms with van der Waals surface area (Å²) in [5.41, 5.74) is 2.39. The number of benzene rings is 1. The molecule has 1 fully saturated rings. The predicted octanol–water partition coefficient (Wildman–Crippen LogP) is 2.61. The molecule has 0 spiro atoms. The number of allylic oxidation sites excluding steroid dienone is 1. The number of para-hydroxylation sites is 1. The van der Waals surface area contributed by atoms with Crippen LogP contribution in [-0.2, 0) is 0 Å². The number of hydrogen-bond donors (Lipinski definition) is 1. The van der Waals surface area contributed by atoms with Crippen LogP contribution in [0.1, 0.15) is 23.3 Å². The molecule has 3 bridgehead atoms. The van der Waals surface area contributed by atoms with Crippen LogP contribution < -0.4 is 0 Å². The molecule has 3 aliphatic rings. The second-order valence-electron chi connectivity index (χ2n) is 6.33. The van der Waals surface area contributed by atoms with Gasteiger partial charge >= 0.3 is 0 Å². The molecule has 4 heterocycles. The molecule has 0 aliphatic carbocycles. The van der Waals surface area contributed by atoms with Gasteiger partial charge in [-0.1, -0.05) is 23.7 Å². The van der Waals surface area contributed by atoms with E-state index in [0.29, 0.717) is 22.2 Å². The molecule has 1 aromatic carbocycles. The number of carbonyl (C=O) groups is 1. The lowest BCUT2D eigenvalue weighted by molar-refractivity contribution is 0.0716. The number of H-pyrrole nitrogens is 1. The third-order valence-corrected chi connectivity index (χ3v) is 5.42. The minimum Gasteiger partial charge on any atom is -0.374 e. The molecule has 1 aromatic heterocycles. The summed E-state index contributed by atoms with van der Waals surface area (Å²) in [5.74, 6) is 0.551. The van der Waals surface area contributed by atoms with Gasteiger partial charge < -0.3 is 9.80 Å². The summed E-state index contributed by atoms with van der Waals surface area (Å²) in [5, 5.41) is 8.48. The molecular weight excluding hydrogens is 300 g/mol. The third kappa shape index (κ3) is 1.54. The van der Waals surface area contributed by atoms with Crippen molar-refractivity contribution < 1.29 is 4.79 Å². The SMILES string of the molecule is O=C(c1[nH]nc2c(Cl)cccc12)N1C2=CN3CC[C@@H]2C[C@@H]1C3. The number of nitrogens with one attached hydrogen (secondary N) is 1. The highest BCUT2D eigenvalue weighted by molar-refractivity contribution is 6.35. The van der Waals surface area contributed by atoms with Crippen LogP contribution in [-0.4, -0.2) is 45.0 Å². The van der Waals surface area contributed by atoms with Crippen LogP contribution >= 0.6 is 11.6 Å². The van der Waals surface area contributed by atoms with Gasteiger partial charge in [0.2, 0.25) is 0 Å². The van der Waals surface area contributed by atoms with Crippen molar-refractivity contribution in [1.82, 2.24) is 20.0 Å². The van der Waals surface area contributed by atoms with Crippen LogP contribution in [0.3, 0.4) is 0 Å². The predicted molar refractivity (Wildman–Crippen MR) is 83.4 cm³/mol. The maximum Gasteiger partial charge on any atom is 0.277 e. The zero-order chi connectivity index (χ0) is 14.8. The Labute approximate surface area is 132 Å². The molecule has 2 atom stereocenters. The van der Waals surface area contributed by atoms with E-state index in [1.54, 1.807) is 6.07 Å². The van der Waals surface area contributed by atoms with Gasteiger partial charge in [-0.15, -0.1) is 0 Å². The van der Waals surface area contributed by atoms with Gasteiger partial charge in [0.25, 0.3) is 5.91 Å². The molecule has 22 heavy (non-hydrogen) atoms. The lowest BCUT2D eigenvalue weighted by Gasteiger charge is -2.38. The van der Waals surface area contributed by atoms with Crippen LogP contribution in [0.2, 0.25) is 5.02 Å². The average molecular weight is 315 g/mol. The number of hydrogen-bond acceptors (Lipinski definition) is 3. The van der Waals surface area contributed by atoms with Crippen molar-refractivity contribution in [2.24, 2.45) is 5.92 Å². The summed E-state index contributed by atoms with van der Waals surface area (Å²) >= 11 is 6.16. The Bertz CT molecular complexity index is 825. The van der Waals surface area contributed by atoms with Crippen molar-refractivity contribution in [3.05, 3.63) is 40.8 Å². The highest BCUT2D eigenvalue weighted by Crippen LogP contribution is 2.43. The fraction of sp³-hybridized carbons (Fsp3) is 0.375. The zero-order valence-corrected chi connectivity index (χ0v) is 12.7. The lowest BCUT2D eigenvalue weighted by Crippen LogP contribution is -2.46. The maximum absolute atomic E-state index is 13.1. The number of fused-ring (bicyclic) bond motifs is 3. The van der Waals surface area contributed by atoms with E-state index < -0.39 is 0 Å². The number of aromatic amines is 1. The van der Waals surface area contributed by atoms with Gasteiger partial charge in [-0.25, -0.2) is 0 Å². The molecule has 1 saturated heterocycles. The fourth-order valence-electron chi connectivity index (χ4n) is 4.11. The molecule has 0 radical (unpaired) electrons. The smallest absolute Gasteiger partial charge is 0.277 e. The van der Waals surface area contributed by atoms with Crippen molar-refractivity contribution in [1.29, 1.82) is 0 Å². The summed E-state index contributed by atoms with van der Waals surface area (Å²) in [6, 6.07) is 5.83. The van der Waals surface area contributed by atoms with E-state index in [2.05, 4.69) is 21.3 Å². The Kier molecular flexibility index (Phi) is 2.42. The van der Waals surface area contributed by atoms with E-state index in [9.17, 15) is 4.79 Å². The molecular formula is C16H15ClN4O. The molecule has 6 heteroatoms. The number of amides is 1. The second kappa shape index (κ2) is 4.26. The van der Waals surface area contributed by atoms with E-state index in [1.807, 2.05) is 17.0 Å². The first-order valence-electron chi connectivity index (χ1n) is 7.64. The molecule has 112 valence electrons. The fourth-order valence-corrected chi connectivity index (χ4v) is 4.33. The second-order valence-corrected chi connectivity index (χ2v) is 6.74. The monoisotopic (exact) mass is 314 g/mol. The first-order valence-corrected chi connectivity index (χ1v) is 8.02. The molecule has 1 amide bonds. The molecule has 5 rings (SSSR count). The van der Waals surface area contributed by atoms with E-state index in [1.165, 1.54) is 5.70 Å². The molecule has 5 nitrogen and oxygen atoms in total. The molecule has 0 saturated carbocycles. The maximum atomic E-state index is 13.1. The Hall–Kier alpha value is -2.01. The van der Waals surface area contributed by atoms with Crippen molar-refractivity contribution in [2.45, 2.75) is 18.9 Å². The van der Waals surface area contributed by atoms with Crippen molar-refractivity contribution >= 4 is 28.4 Å². The van der Waals surface area contributed by atoms with Gasteiger partial charge in [0, 0.05) is 36.3 Å². The highest BCUT2D eigenvalue weighted by Gasteiger charge is 2.46. The van der Waals surface area contributed by atoms with E-state index in [-0.39, 0.29) is 11.9 Å². The molecule has 3 aliphatic heterocycles. The van der Waals surface area contributed by atoms with Crippen molar-refractivity contribution in [3.8, 4) is 0 Å². The van der Waals surface area contributed by atoms with E-state index in [0.717, 1.165) is 31.3 Å². The van der Waals surface area contributed by atoms with Crippen LogP contribution in [0.4, 0.5) is 0 Å². The lowest BCUT2D eigenvalue weighted by atomic mass is 9.99. The Morgan fingerprint density at radius 2 is 2.32 bits per heavy atom. The summed E-state index contributed by atoms with van der Waals surface area (Å²) in [7, 11) is 0. The zero-order valence-electron chi connectivity index (χ0n) is 11.9. The number of nitrogens with zero attached hydrogens (tertiary/aromatic N) is 3. The first kappa shape index (κ1) is 12.5. The highest BCUT2D eigenvalue weighted by atomic mass is 35.5. The Balaban J connectivity index is 1.60. The number of carbonyl (C=O) groups excluding carboxylic acids is 1. The van der Waals surface area contributed by atoms with Gasteiger partial charge in [0.15, 0.2) is 0 Å². The molecule has 2 aromatic rings. The standard InChI is InChI=1S/C16H15ClN4O/c17-12-3-1-2-11-14(12)18-19-15(11)16(22)21-10-6-9-4-5-20(7-10)8-13(9)21/h1-3,8-10H,4-7H2,(H,18,19)/t9-,10-/m1/s1. The first-order chi connectivity index (χ1) is 10.7. The minimum absolute atomic E-state index is 0.0186. The summed E-state index contributed by atoms with van der Waals surface area (Å²) in [4.78, 5) is 17.4. The van der Waals surface area contributed by atoms with Crippen LogP contribution in [0.15, 0.2) is 30.1 Å². The van der Waals surface area contributed by atoms with Crippen molar-refractivity contribution in [2.75, 3.05) is 13.1 Å². The molecule has 1 N–H and O–H groups in total. The van der Waals surface area contributed by atoms with Gasteiger partial charge in [-0.05, 0) is 18.9 Å². The van der Waals surface area contributed by atoms with E-state index in [4.69, 9.17) is 11.6 Å². The van der Waals surface area contributed by atoms with Crippen LogP contribution in [0, 0.1) is 5.92 Å². The third-order valence-electron chi connectivity index (χ3n) is 5.11. The average Bonchev–Trinajstić information content (AvgIpc) is 2.98. The Morgan fingerprint density at radius 1 is 1.41 bits per heavy atom. The minimum atomic E-state index is 0.0186. The summed E-state index contributed by atoms with van der Waals surface area (Å²) in [6.45, 7) is 2.06. The van der Waals surface area contributed by atoms with Crippen molar-refractivity contribution in [3.63, 3.8) is 0 Å². The largest absolute Gasteiger partial charge is 0.374 e. The number of halogens is 1.